The van der Waals surface area contributed by atoms with Crippen molar-refractivity contribution in [2.75, 3.05) is 7.11 Å². The summed E-state index contributed by atoms with van der Waals surface area (Å²) in [4.78, 5) is 24.0. The number of carbonyl (C=O) groups is 1. The molecule has 0 aliphatic rings. The second-order valence-electron chi connectivity index (χ2n) is 8.06. The molecule has 2 aromatic heterocycles. The summed E-state index contributed by atoms with van der Waals surface area (Å²) < 4.78 is 5.39. The van der Waals surface area contributed by atoms with Crippen LogP contribution in [-0.2, 0) is 6.42 Å². The Morgan fingerprint density at radius 2 is 1.76 bits per heavy atom. The first kappa shape index (κ1) is 21.8. The number of nitrogens with zero attached hydrogens (tertiary/aromatic N) is 2. The highest BCUT2D eigenvalue weighted by atomic mass is 32.1. The summed E-state index contributed by atoms with van der Waals surface area (Å²) in [6.07, 6.45) is 0.718. The van der Waals surface area contributed by atoms with Gasteiger partial charge in [0.15, 0.2) is 5.69 Å². The molecule has 5 nitrogen and oxygen atoms in total. The van der Waals surface area contributed by atoms with Crippen molar-refractivity contribution in [1.82, 2.24) is 9.97 Å². The van der Waals surface area contributed by atoms with Gasteiger partial charge in [-0.05, 0) is 60.0 Å². The molecule has 0 saturated carbocycles. The summed E-state index contributed by atoms with van der Waals surface area (Å²) in [5.41, 5.74) is 11.9. The van der Waals surface area contributed by atoms with Crippen LogP contribution in [0, 0.1) is 6.92 Å². The highest BCUT2D eigenvalue weighted by Gasteiger charge is 2.17. The second kappa shape index (κ2) is 9.08. The third kappa shape index (κ3) is 4.16. The molecule has 0 radical (unpaired) electrons. The van der Waals surface area contributed by atoms with Crippen molar-refractivity contribution in [3.63, 3.8) is 0 Å². The van der Waals surface area contributed by atoms with Crippen LogP contribution in [0.25, 0.3) is 32.7 Å². The van der Waals surface area contributed by atoms with Gasteiger partial charge in [-0.2, -0.15) is 0 Å². The van der Waals surface area contributed by atoms with Gasteiger partial charge < -0.3 is 10.5 Å². The predicted molar refractivity (Wildman–Crippen MR) is 137 cm³/mol. The normalized spacial score (nSPS) is 11.0. The molecule has 5 aromatic rings. The number of thiophene rings is 1. The van der Waals surface area contributed by atoms with E-state index >= 15 is 0 Å². The maximum atomic E-state index is 12.1. The first-order valence-electron chi connectivity index (χ1n) is 10.9. The summed E-state index contributed by atoms with van der Waals surface area (Å²) in [5, 5.41) is 0. The van der Waals surface area contributed by atoms with Crippen molar-refractivity contribution in [2.45, 2.75) is 13.3 Å². The summed E-state index contributed by atoms with van der Waals surface area (Å²) in [7, 11) is 1.69. The minimum Gasteiger partial charge on any atom is -0.496 e. The molecule has 0 fully saturated rings. The third-order valence-corrected chi connectivity index (χ3v) is 6.90. The number of rotatable bonds is 6. The standard InChI is InChI=1S/C28H23N3O2S/c1-17-15-19(11-13-23(17)33-2)24-14-12-21(34-24)16-20-9-6-10-22-25(20)31-26(27(30-22)28(29)32)18-7-4-3-5-8-18/h3-15H,16H2,1-2H3,(H2,29,32). The Kier molecular flexibility index (Phi) is 5.82. The SMILES string of the molecule is COc1ccc(-c2ccc(Cc3cccc4nc(C(N)=O)c(-c5ccccc5)nc34)s2)cc1C. The number of primary amides is 1. The Morgan fingerprint density at radius 3 is 2.50 bits per heavy atom. The number of carbonyl (C=O) groups excluding carboxylic acids is 1. The lowest BCUT2D eigenvalue weighted by Gasteiger charge is -2.10. The van der Waals surface area contributed by atoms with Crippen LogP contribution in [-0.4, -0.2) is 23.0 Å². The summed E-state index contributed by atoms with van der Waals surface area (Å²) in [6.45, 7) is 2.05. The molecule has 2 N–H and O–H groups in total. The molecule has 6 heteroatoms. The van der Waals surface area contributed by atoms with Crippen molar-refractivity contribution in [3.05, 3.63) is 101 Å². The summed E-state index contributed by atoms with van der Waals surface area (Å²) >= 11 is 1.76. The summed E-state index contributed by atoms with van der Waals surface area (Å²) in [6, 6.07) is 26.0. The van der Waals surface area contributed by atoms with E-state index in [1.807, 2.05) is 48.5 Å². The van der Waals surface area contributed by atoms with Gasteiger partial charge in [-0.1, -0.05) is 42.5 Å². The molecule has 1 amide bonds. The van der Waals surface area contributed by atoms with Crippen molar-refractivity contribution < 1.29 is 9.53 Å². The molecule has 0 spiro atoms. The summed E-state index contributed by atoms with van der Waals surface area (Å²) in [5.74, 6) is 0.302. The van der Waals surface area contributed by atoms with Gasteiger partial charge >= 0.3 is 0 Å². The zero-order valence-corrected chi connectivity index (χ0v) is 19.7. The molecule has 2 heterocycles. The fourth-order valence-electron chi connectivity index (χ4n) is 4.09. The van der Waals surface area contributed by atoms with Crippen molar-refractivity contribution in [2.24, 2.45) is 5.73 Å². The van der Waals surface area contributed by atoms with E-state index in [-0.39, 0.29) is 5.69 Å². The fourth-order valence-corrected chi connectivity index (χ4v) is 5.12. The monoisotopic (exact) mass is 465 g/mol. The van der Waals surface area contributed by atoms with Crippen molar-refractivity contribution >= 4 is 28.3 Å². The number of hydrogen-bond acceptors (Lipinski definition) is 5. The first-order chi connectivity index (χ1) is 16.5. The molecular weight excluding hydrogens is 442 g/mol. The number of methoxy groups -OCH3 is 1. The minimum absolute atomic E-state index is 0.184. The average Bonchev–Trinajstić information content (AvgIpc) is 3.32. The number of para-hydroxylation sites is 1. The highest BCUT2D eigenvalue weighted by molar-refractivity contribution is 7.15. The van der Waals surface area contributed by atoms with Crippen LogP contribution in [0.1, 0.15) is 26.5 Å². The number of hydrogen-bond donors (Lipinski definition) is 1. The van der Waals surface area contributed by atoms with Gasteiger partial charge in [-0.15, -0.1) is 11.3 Å². The Labute approximate surface area is 201 Å². The number of nitrogens with two attached hydrogens (primary N) is 1. The Balaban J connectivity index is 1.54. The van der Waals surface area contributed by atoms with Gasteiger partial charge in [-0.25, -0.2) is 9.97 Å². The zero-order chi connectivity index (χ0) is 23.7. The smallest absolute Gasteiger partial charge is 0.269 e. The molecule has 0 unspecified atom stereocenters. The highest BCUT2D eigenvalue weighted by Crippen LogP contribution is 2.33. The topological polar surface area (TPSA) is 78.1 Å². The van der Waals surface area contributed by atoms with Gasteiger partial charge in [0.1, 0.15) is 11.4 Å². The molecule has 0 bridgehead atoms. The lowest BCUT2D eigenvalue weighted by Crippen LogP contribution is -2.16. The number of amides is 1. The molecule has 34 heavy (non-hydrogen) atoms. The lowest BCUT2D eigenvalue weighted by atomic mass is 10.1. The average molecular weight is 466 g/mol. The Morgan fingerprint density at radius 1 is 0.941 bits per heavy atom. The van der Waals surface area contributed by atoms with E-state index in [0.717, 1.165) is 34.4 Å². The first-order valence-corrected chi connectivity index (χ1v) is 11.7. The van der Waals surface area contributed by atoms with E-state index in [9.17, 15) is 4.79 Å². The molecule has 168 valence electrons. The largest absolute Gasteiger partial charge is 0.496 e. The van der Waals surface area contributed by atoms with Crippen LogP contribution in [0.2, 0.25) is 0 Å². The molecule has 0 aliphatic heterocycles. The fraction of sp³-hybridized carbons (Fsp3) is 0.107. The number of ether oxygens (including phenoxy) is 1. The molecular formula is C28H23N3O2S. The van der Waals surface area contributed by atoms with Crippen LogP contribution >= 0.6 is 11.3 Å². The van der Waals surface area contributed by atoms with Crippen molar-refractivity contribution in [1.29, 1.82) is 0 Å². The van der Waals surface area contributed by atoms with E-state index in [2.05, 4.69) is 42.2 Å². The molecule has 0 atom stereocenters. The number of aromatic nitrogens is 2. The quantitative estimate of drug-likeness (QED) is 0.332. The maximum Gasteiger partial charge on any atom is 0.269 e. The van der Waals surface area contributed by atoms with Gasteiger partial charge in [-0.3, -0.25) is 4.79 Å². The predicted octanol–water partition coefficient (Wildman–Crippen LogP) is 6.03. The van der Waals surface area contributed by atoms with E-state index < -0.39 is 5.91 Å². The number of fused-ring (bicyclic) bond motifs is 1. The van der Waals surface area contributed by atoms with Gasteiger partial charge in [0.05, 0.1) is 18.1 Å². The zero-order valence-electron chi connectivity index (χ0n) is 18.9. The third-order valence-electron chi connectivity index (χ3n) is 5.76. The van der Waals surface area contributed by atoms with E-state index in [4.69, 9.17) is 15.5 Å². The Bertz CT molecular complexity index is 1510. The van der Waals surface area contributed by atoms with E-state index in [0.29, 0.717) is 11.2 Å². The van der Waals surface area contributed by atoms with Crippen LogP contribution in [0.5, 0.6) is 5.75 Å². The van der Waals surface area contributed by atoms with Crippen LogP contribution < -0.4 is 10.5 Å². The molecule has 0 aliphatic carbocycles. The maximum absolute atomic E-state index is 12.1. The van der Waals surface area contributed by atoms with Crippen LogP contribution in [0.15, 0.2) is 78.9 Å². The number of aryl methyl sites for hydroxylation is 1. The lowest BCUT2D eigenvalue weighted by molar-refractivity contribution is 0.0996. The molecule has 5 rings (SSSR count). The van der Waals surface area contributed by atoms with Crippen LogP contribution in [0.3, 0.4) is 0 Å². The van der Waals surface area contributed by atoms with E-state index in [1.54, 1.807) is 18.4 Å². The van der Waals surface area contributed by atoms with Gasteiger partial charge in [0, 0.05) is 21.7 Å². The minimum atomic E-state index is -0.587. The van der Waals surface area contributed by atoms with E-state index in [1.165, 1.54) is 15.3 Å². The second-order valence-corrected chi connectivity index (χ2v) is 9.23. The van der Waals surface area contributed by atoms with Gasteiger partial charge in [0.25, 0.3) is 5.91 Å². The Hall–Kier alpha value is -4.03. The van der Waals surface area contributed by atoms with Crippen LogP contribution in [0.4, 0.5) is 0 Å². The number of benzene rings is 3. The van der Waals surface area contributed by atoms with Gasteiger partial charge in [0.2, 0.25) is 0 Å². The molecule has 3 aromatic carbocycles. The van der Waals surface area contributed by atoms with Crippen molar-refractivity contribution in [3.8, 4) is 27.4 Å². The molecule has 0 saturated heterocycles.